The first-order chi connectivity index (χ1) is 8.65. The van der Waals surface area contributed by atoms with Crippen molar-refractivity contribution >= 4 is 5.97 Å². The van der Waals surface area contributed by atoms with Gasteiger partial charge in [0.05, 0.1) is 6.54 Å². The summed E-state index contributed by atoms with van der Waals surface area (Å²) in [5, 5.41) is 8.84. The van der Waals surface area contributed by atoms with Crippen LogP contribution in [-0.4, -0.2) is 84.7 Å². The highest BCUT2D eigenvalue weighted by Gasteiger charge is 2.25. The molecule has 0 aromatic heterocycles. The van der Waals surface area contributed by atoms with Crippen molar-refractivity contribution in [1.29, 1.82) is 0 Å². The third kappa shape index (κ3) is 3.93. The van der Waals surface area contributed by atoms with Crippen molar-refractivity contribution in [2.45, 2.75) is 25.3 Å². The number of piperidine rings is 1. The van der Waals surface area contributed by atoms with E-state index in [1.165, 1.54) is 25.9 Å². The van der Waals surface area contributed by atoms with Crippen LogP contribution in [0.3, 0.4) is 0 Å². The molecular formula is C13H25N3O2. The maximum absolute atomic E-state index is 10.7. The van der Waals surface area contributed by atoms with E-state index in [0.29, 0.717) is 6.04 Å². The molecule has 5 nitrogen and oxygen atoms in total. The van der Waals surface area contributed by atoms with Crippen LogP contribution in [0.5, 0.6) is 0 Å². The number of likely N-dealkylation sites (N-methyl/N-ethyl adjacent to an activating group) is 1. The van der Waals surface area contributed by atoms with Crippen molar-refractivity contribution in [2.24, 2.45) is 0 Å². The summed E-state index contributed by atoms with van der Waals surface area (Å²) in [6, 6.07) is 0.675. The van der Waals surface area contributed by atoms with Crippen molar-refractivity contribution < 1.29 is 9.90 Å². The topological polar surface area (TPSA) is 47.0 Å². The van der Waals surface area contributed by atoms with Crippen LogP contribution >= 0.6 is 0 Å². The van der Waals surface area contributed by atoms with Crippen LogP contribution < -0.4 is 0 Å². The van der Waals surface area contributed by atoms with Crippen molar-refractivity contribution in [3.8, 4) is 0 Å². The molecule has 1 unspecified atom stereocenters. The van der Waals surface area contributed by atoms with E-state index < -0.39 is 5.97 Å². The fraction of sp³-hybridized carbons (Fsp3) is 0.923. The van der Waals surface area contributed by atoms with Crippen LogP contribution in [0.25, 0.3) is 0 Å². The minimum Gasteiger partial charge on any atom is -0.480 e. The molecule has 0 saturated carbocycles. The van der Waals surface area contributed by atoms with Gasteiger partial charge in [0.25, 0.3) is 0 Å². The highest BCUT2D eigenvalue weighted by Crippen LogP contribution is 2.16. The molecule has 0 radical (unpaired) electrons. The Bertz CT molecular complexity index is 285. The Morgan fingerprint density at radius 3 is 2.72 bits per heavy atom. The zero-order valence-corrected chi connectivity index (χ0v) is 11.3. The molecular weight excluding hydrogens is 230 g/mol. The highest BCUT2D eigenvalue weighted by atomic mass is 16.4. The Labute approximate surface area is 109 Å². The first-order valence-electron chi connectivity index (χ1n) is 7.02. The lowest BCUT2D eigenvalue weighted by molar-refractivity contribution is -0.138. The molecule has 0 aliphatic carbocycles. The zero-order valence-electron chi connectivity index (χ0n) is 11.3. The Hall–Kier alpha value is -0.650. The van der Waals surface area contributed by atoms with Crippen LogP contribution in [0.15, 0.2) is 0 Å². The molecule has 0 spiro atoms. The molecule has 104 valence electrons. The number of likely N-dealkylation sites (tertiary alicyclic amines) is 1. The van der Waals surface area contributed by atoms with E-state index in [9.17, 15) is 4.79 Å². The molecule has 2 aliphatic heterocycles. The summed E-state index contributed by atoms with van der Waals surface area (Å²) in [5.74, 6) is -0.708. The molecule has 1 atom stereocenters. The summed E-state index contributed by atoms with van der Waals surface area (Å²) in [5.41, 5.74) is 0. The number of hydrogen-bond donors (Lipinski definition) is 1. The highest BCUT2D eigenvalue weighted by molar-refractivity contribution is 5.69. The normalized spacial score (nSPS) is 29.1. The standard InChI is InChI=1S/C13H25N3O2/c1-14-5-2-4-12(10-14)16-7-3-6-15(8-9-16)11-13(17)18/h12H,2-11H2,1H3,(H,17,18). The van der Waals surface area contributed by atoms with Gasteiger partial charge in [0.1, 0.15) is 0 Å². The summed E-state index contributed by atoms with van der Waals surface area (Å²) in [4.78, 5) is 17.8. The van der Waals surface area contributed by atoms with Gasteiger partial charge in [-0.3, -0.25) is 14.6 Å². The minimum absolute atomic E-state index is 0.193. The van der Waals surface area contributed by atoms with E-state index in [-0.39, 0.29) is 6.54 Å². The molecule has 2 saturated heterocycles. The molecule has 2 fully saturated rings. The smallest absolute Gasteiger partial charge is 0.317 e. The third-order valence-electron chi connectivity index (χ3n) is 4.10. The van der Waals surface area contributed by atoms with E-state index in [2.05, 4.69) is 21.7 Å². The summed E-state index contributed by atoms with van der Waals surface area (Å²) < 4.78 is 0. The van der Waals surface area contributed by atoms with Crippen molar-refractivity contribution in [3.63, 3.8) is 0 Å². The third-order valence-corrected chi connectivity index (χ3v) is 4.10. The van der Waals surface area contributed by atoms with Gasteiger partial charge in [-0.25, -0.2) is 0 Å². The molecule has 0 bridgehead atoms. The number of carbonyl (C=O) groups is 1. The number of carboxylic acid groups (broad SMARTS) is 1. The lowest BCUT2D eigenvalue weighted by Crippen LogP contribution is -2.47. The van der Waals surface area contributed by atoms with Crippen LogP contribution in [0.4, 0.5) is 0 Å². The van der Waals surface area contributed by atoms with Gasteiger partial charge in [-0.1, -0.05) is 0 Å². The monoisotopic (exact) mass is 255 g/mol. The molecule has 2 heterocycles. The van der Waals surface area contributed by atoms with Crippen molar-refractivity contribution in [2.75, 3.05) is 52.9 Å². The Balaban J connectivity index is 1.82. The fourth-order valence-corrected chi connectivity index (χ4v) is 3.14. The average molecular weight is 255 g/mol. The van der Waals surface area contributed by atoms with Crippen LogP contribution in [0.2, 0.25) is 0 Å². The van der Waals surface area contributed by atoms with Crippen LogP contribution in [0.1, 0.15) is 19.3 Å². The number of hydrogen-bond acceptors (Lipinski definition) is 4. The summed E-state index contributed by atoms with van der Waals surface area (Å²) in [6.07, 6.45) is 3.67. The van der Waals surface area contributed by atoms with E-state index in [4.69, 9.17) is 5.11 Å². The van der Waals surface area contributed by atoms with Gasteiger partial charge in [-0.15, -0.1) is 0 Å². The van der Waals surface area contributed by atoms with Gasteiger partial charge in [0, 0.05) is 32.2 Å². The van der Waals surface area contributed by atoms with Crippen molar-refractivity contribution in [1.82, 2.24) is 14.7 Å². The number of aliphatic carboxylic acids is 1. The first-order valence-corrected chi connectivity index (χ1v) is 7.02. The van der Waals surface area contributed by atoms with E-state index in [1.54, 1.807) is 0 Å². The minimum atomic E-state index is -0.708. The SMILES string of the molecule is CN1CCCC(N2CCCN(CC(=O)O)CC2)C1. The van der Waals surface area contributed by atoms with Gasteiger partial charge < -0.3 is 10.0 Å². The predicted molar refractivity (Wildman–Crippen MR) is 70.8 cm³/mol. The molecule has 18 heavy (non-hydrogen) atoms. The second kappa shape index (κ2) is 6.50. The largest absolute Gasteiger partial charge is 0.480 e. The molecule has 2 rings (SSSR count). The second-order valence-corrected chi connectivity index (χ2v) is 5.62. The fourth-order valence-electron chi connectivity index (χ4n) is 3.14. The maximum atomic E-state index is 10.7. The average Bonchev–Trinajstić information content (AvgIpc) is 2.54. The lowest BCUT2D eigenvalue weighted by atomic mass is 10.0. The Kier molecular flexibility index (Phi) is 4.97. The van der Waals surface area contributed by atoms with E-state index in [0.717, 1.165) is 32.6 Å². The zero-order chi connectivity index (χ0) is 13.0. The number of rotatable bonds is 3. The molecule has 0 aromatic rings. The van der Waals surface area contributed by atoms with Gasteiger partial charge >= 0.3 is 5.97 Å². The van der Waals surface area contributed by atoms with Gasteiger partial charge in [0.2, 0.25) is 0 Å². The first kappa shape index (κ1) is 13.8. The molecule has 0 amide bonds. The maximum Gasteiger partial charge on any atom is 0.317 e. The predicted octanol–water partition coefficient (Wildman–Crippen LogP) is 0.173. The second-order valence-electron chi connectivity index (χ2n) is 5.62. The van der Waals surface area contributed by atoms with Crippen LogP contribution in [-0.2, 0) is 4.79 Å². The quantitative estimate of drug-likeness (QED) is 0.779. The van der Waals surface area contributed by atoms with Gasteiger partial charge in [-0.05, 0) is 39.4 Å². The summed E-state index contributed by atoms with van der Waals surface area (Å²) in [6.45, 7) is 6.53. The molecule has 5 heteroatoms. The molecule has 0 aromatic carbocycles. The molecule has 1 N–H and O–H groups in total. The van der Waals surface area contributed by atoms with Crippen LogP contribution in [0, 0.1) is 0 Å². The molecule has 2 aliphatic rings. The number of nitrogens with zero attached hydrogens (tertiary/aromatic N) is 3. The summed E-state index contributed by atoms with van der Waals surface area (Å²) in [7, 11) is 2.20. The Morgan fingerprint density at radius 2 is 2.00 bits per heavy atom. The number of carboxylic acids is 1. The van der Waals surface area contributed by atoms with Gasteiger partial charge in [-0.2, -0.15) is 0 Å². The van der Waals surface area contributed by atoms with E-state index in [1.807, 2.05) is 0 Å². The van der Waals surface area contributed by atoms with Gasteiger partial charge in [0.15, 0.2) is 0 Å². The van der Waals surface area contributed by atoms with Crippen molar-refractivity contribution in [3.05, 3.63) is 0 Å². The summed E-state index contributed by atoms with van der Waals surface area (Å²) >= 11 is 0. The Morgan fingerprint density at radius 1 is 1.17 bits per heavy atom. The van der Waals surface area contributed by atoms with E-state index >= 15 is 0 Å². The lowest BCUT2D eigenvalue weighted by Gasteiger charge is -2.37.